The van der Waals surface area contributed by atoms with Gasteiger partial charge in [-0.05, 0) is 58.9 Å². The van der Waals surface area contributed by atoms with Gasteiger partial charge in [-0.25, -0.2) is 0 Å². The van der Waals surface area contributed by atoms with E-state index < -0.39 is 55.7 Å². The maximum Gasteiger partial charge on any atom is 0.184 e. The minimum atomic E-state index is -1.94. The Morgan fingerprint density at radius 2 is 1.08 bits per heavy atom. The summed E-state index contributed by atoms with van der Waals surface area (Å²) < 4.78 is 24.5. The second-order valence-corrected chi connectivity index (χ2v) is 22.7. The smallest absolute Gasteiger partial charge is 0.184 e. The monoisotopic (exact) mass is 396 g/mol. The van der Waals surface area contributed by atoms with Crippen molar-refractivity contribution in [3.8, 4) is 0 Å². The van der Waals surface area contributed by atoms with Gasteiger partial charge in [0.2, 0.25) is 0 Å². The molecule has 1 aliphatic heterocycles. The number of hydrogen-bond donors (Lipinski definition) is 2. The molecule has 144 valence electrons. The van der Waals surface area contributed by atoms with Crippen molar-refractivity contribution in [1.29, 1.82) is 0 Å². The fourth-order valence-electron chi connectivity index (χ4n) is 2.67. The molecular weight excluding hydrogens is 360 g/mol. The zero-order valence-electron chi connectivity index (χ0n) is 16.6. The summed E-state index contributed by atoms with van der Waals surface area (Å²) in [6.07, 6.45) is -3.24. The van der Waals surface area contributed by atoms with Gasteiger partial charge in [-0.3, -0.25) is 0 Å². The number of hydrogen-bond acceptors (Lipinski definition) is 6. The largest absolute Gasteiger partial charge is 0.409 e. The first-order valence-corrected chi connectivity index (χ1v) is 18.8. The highest BCUT2D eigenvalue weighted by Gasteiger charge is 2.50. The molecule has 0 radical (unpaired) electrons. The number of ether oxygens (including phenoxy) is 1. The van der Waals surface area contributed by atoms with E-state index in [4.69, 9.17) is 18.0 Å². The Hall–Kier alpha value is 0.411. The average Bonchev–Trinajstić information content (AvgIpc) is 2.32. The van der Waals surface area contributed by atoms with Gasteiger partial charge in [0.15, 0.2) is 31.2 Å². The summed E-state index contributed by atoms with van der Waals surface area (Å²) in [6.45, 7) is 18.5. The van der Waals surface area contributed by atoms with Gasteiger partial charge in [-0.2, -0.15) is 0 Å². The average molecular weight is 397 g/mol. The van der Waals surface area contributed by atoms with Gasteiger partial charge < -0.3 is 28.2 Å². The number of rotatable bonds is 7. The lowest BCUT2D eigenvalue weighted by Gasteiger charge is -2.49. The third-order valence-electron chi connectivity index (χ3n) is 3.26. The minimum Gasteiger partial charge on any atom is -0.409 e. The van der Waals surface area contributed by atoms with Crippen LogP contribution in [0.25, 0.3) is 0 Å². The van der Waals surface area contributed by atoms with E-state index >= 15 is 0 Å². The van der Waals surface area contributed by atoms with E-state index in [-0.39, 0.29) is 6.61 Å². The van der Waals surface area contributed by atoms with Crippen LogP contribution < -0.4 is 0 Å². The van der Waals surface area contributed by atoms with Crippen molar-refractivity contribution in [2.24, 2.45) is 0 Å². The molecule has 9 heteroatoms. The zero-order valence-corrected chi connectivity index (χ0v) is 19.6. The van der Waals surface area contributed by atoms with Crippen molar-refractivity contribution in [2.45, 2.75) is 89.6 Å². The van der Waals surface area contributed by atoms with Gasteiger partial charge >= 0.3 is 0 Å². The normalized spacial score (nSPS) is 32.9. The molecule has 1 fully saturated rings. The summed E-state index contributed by atoms with van der Waals surface area (Å²) >= 11 is 0. The Bertz CT molecular complexity index is 401. The van der Waals surface area contributed by atoms with Gasteiger partial charge in [-0.15, -0.1) is 0 Å². The summed E-state index contributed by atoms with van der Waals surface area (Å²) in [4.78, 5) is 0. The molecule has 24 heavy (non-hydrogen) atoms. The maximum absolute atomic E-state index is 10.5. The van der Waals surface area contributed by atoms with Crippen LogP contribution in [0.1, 0.15) is 0 Å². The molecule has 0 aromatic rings. The van der Waals surface area contributed by atoms with Crippen LogP contribution in [0.15, 0.2) is 0 Å². The van der Waals surface area contributed by atoms with Crippen LogP contribution in [0.5, 0.6) is 0 Å². The number of aliphatic hydroxyl groups excluding tert-OH is 2. The van der Waals surface area contributed by atoms with Crippen molar-refractivity contribution in [1.82, 2.24) is 0 Å². The van der Waals surface area contributed by atoms with Crippen LogP contribution in [-0.4, -0.2) is 72.5 Å². The molecule has 0 aromatic heterocycles. The van der Waals surface area contributed by atoms with Gasteiger partial charge in [-0.1, -0.05) is 0 Å². The highest BCUT2D eigenvalue weighted by molar-refractivity contribution is 6.70. The molecular formula is C15H36O6Si3. The fourth-order valence-corrected chi connectivity index (χ4v) is 5.92. The quantitative estimate of drug-likeness (QED) is 0.643. The molecule has 0 bridgehead atoms. The molecule has 0 saturated carbocycles. The highest BCUT2D eigenvalue weighted by Crippen LogP contribution is 2.32. The summed E-state index contributed by atoms with van der Waals surface area (Å²) in [5.41, 5.74) is 0. The van der Waals surface area contributed by atoms with Crippen molar-refractivity contribution in [2.75, 3.05) is 6.61 Å². The van der Waals surface area contributed by atoms with Crippen LogP contribution in [0.2, 0.25) is 58.9 Å². The maximum atomic E-state index is 10.5. The van der Waals surface area contributed by atoms with E-state index in [1.807, 2.05) is 0 Å². The minimum absolute atomic E-state index is 0.225. The van der Waals surface area contributed by atoms with Crippen LogP contribution in [0, 0.1) is 0 Å². The first kappa shape index (κ1) is 22.5. The van der Waals surface area contributed by atoms with E-state index in [1.165, 1.54) is 0 Å². The van der Waals surface area contributed by atoms with Crippen LogP contribution in [-0.2, 0) is 18.0 Å². The second-order valence-electron chi connectivity index (χ2n) is 9.33. The van der Waals surface area contributed by atoms with E-state index in [9.17, 15) is 10.2 Å². The third-order valence-corrected chi connectivity index (χ3v) is 6.20. The molecule has 0 spiro atoms. The van der Waals surface area contributed by atoms with Crippen molar-refractivity contribution in [3.05, 3.63) is 0 Å². The van der Waals surface area contributed by atoms with Crippen LogP contribution >= 0.6 is 0 Å². The van der Waals surface area contributed by atoms with Gasteiger partial charge in [0, 0.05) is 0 Å². The Labute approximate surface area is 149 Å². The van der Waals surface area contributed by atoms with E-state index in [2.05, 4.69) is 58.9 Å². The fraction of sp³-hybridized carbons (Fsp3) is 1.00. The van der Waals surface area contributed by atoms with Crippen molar-refractivity contribution < 1.29 is 28.2 Å². The third kappa shape index (κ3) is 7.34. The summed E-state index contributed by atoms with van der Waals surface area (Å²) in [5, 5.41) is 20.2. The Morgan fingerprint density at radius 1 is 0.708 bits per heavy atom. The predicted octanol–water partition coefficient (Wildman–Crippen LogP) is 2.36. The summed E-state index contributed by atoms with van der Waals surface area (Å²) in [5.74, 6) is 0. The molecule has 1 aliphatic rings. The predicted molar refractivity (Wildman–Crippen MR) is 103 cm³/mol. The first-order valence-electron chi connectivity index (χ1n) is 8.61. The SMILES string of the molecule is C[Si](C)(C)O[C@@H]1[C@@H](O[Si](C)(C)C)[C@H](CO)O[C@H](O)[C@H]1O[Si](C)(C)C. The van der Waals surface area contributed by atoms with E-state index in [0.717, 1.165) is 0 Å². The molecule has 0 aromatic carbocycles. The molecule has 1 heterocycles. The summed E-state index contributed by atoms with van der Waals surface area (Å²) in [7, 11) is -5.78. The Morgan fingerprint density at radius 3 is 1.46 bits per heavy atom. The Kier molecular flexibility index (Phi) is 7.46. The van der Waals surface area contributed by atoms with E-state index in [0.29, 0.717) is 0 Å². The second kappa shape index (κ2) is 7.97. The van der Waals surface area contributed by atoms with Crippen LogP contribution in [0.3, 0.4) is 0 Å². The molecule has 1 saturated heterocycles. The molecule has 6 nitrogen and oxygen atoms in total. The lowest BCUT2D eigenvalue weighted by Crippen LogP contribution is -2.65. The van der Waals surface area contributed by atoms with Gasteiger partial charge in [0.1, 0.15) is 24.4 Å². The Balaban J connectivity index is 3.20. The summed E-state index contributed by atoms with van der Waals surface area (Å²) in [6, 6.07) is 0. The zero-order chi connectivity index (χ0) is 18.9. The molecule has 0 amide bonds. The van der Waals surface area contributed by atoms with E-state index in [1.54, 1.807) is 0 Å². The lowest BCUT2D eigenvalue weighted by atomic mass is 9.99. The van der Waals surface area contributed by atoms with Crippen molar-refractivity contribution >= 4 is 25.0 Å². The standard InChI is InChI=1S/C15H36O6Si3/c1-22(2,3)19-12-11(10-16)18-15(17)14(21-24(7,8)9)13(12)20-23(4,5)6/h11-17H,10H2,1-9H3/t11-,12-,13+,14-,15-/m0/s1. The topological polar surface area (TPSA) is 77.4 Å². The van der Waals surface area contributed by atoms with Gasteiger partial charge in [0.25, 0.3) is 0 Å². The molecule has 0 unspecified atom stereocenters. The molecule has 5 atom stereocenters. The first-order chi connectivity index (χ1) is 10.6. The van der Waals surface area contributed by atoms with Crippen molar-refractivity contribution in [3.63, 3.8) is 0 Å². The lowest BCUT2D eigenvalue weighted by molar-refractivity contribution is -0.275. The van der Waals surface area contributed by atoms with Crippen LogP contribution in [0.4, 0.5) is 0 Å². The highest BCUT2D eigenvalue weighted by atomic mass is 28.4. The number of aliphatic hydroxyl groups is 2. The molecule has 2 N–H and O–H groups in total. The van der Waals surface area contributed by atoms with Gasteiger partial charge in [0.05, 0.1) is 6.61 Å². The molecule has 1 rings (SSSR count). The molecule has 0 aliphatic carbocycles.